The summed E-state index contributed by atoms with van der Waals surface area (Å²) in [5, 5.41) is 3.61. The summed E-state index contributed by atoms with van der Waals surface area (Å²) in [6, 6.07) is 14.7. The number of hydrogen-bond acceptors (Lipinski definition) is 5. The van der Waals surface area contributed by atoms with E-state index in [1.165, 1.54) is 4.90 Å². The molecule has 2 heterocycles. The number of hydrogen-bond donors (Lipinski definition) is 1. The molecule has 1 atom stereocenters. The first-order valence-corrected chi connectivity index (χ1v) is 10.3. The summed E-state index contributed by atoms with van der Waals surface area (Å²) in [7, 11) is 1.58. The third-order valence-electron chi connectivity index (χ3n) is 5.68. The van der Waals surface area contributed by atoms with Crippen molar-refractivity contribution in [1.29, 1.82) is 0 Å². The Balaban J connectivity index is 1.65. The Bertz CT molecular complexity index is 1210. The number of furan rings is 1. The van der Waals surface area contributed by atoms with Crippen molar-refractivity contribution < 1.29 is 23.5 Å². The predicted octanol–water partition coefficient (Wildman–Crippen LogP) is 3.37. The van der Waals surface area contributed by atoms with Crippen molar-refractivity contribution in [1.82, 2.24) is 10.2 Å². The minimum absolute atomic E-state index is 0.0441. The third kappa shape index (κ3) is 3.65. The Morgan fingerprint density at radius 2 is 2.00 bits per heavy atom. The van der Waals surface area contributed by atoms with Crippen LogP contribution in [0.4, 0.5) is 0 Å². The van der Waals surface area contributed by atoms with Crippen molar-refractivity contribution in [3.05, 3.63) is 59.9 Å². The number of carbonyl (C=O) groups excluding carboxylic acids is 2. The van der Waals surface area contributed by atoms with E-state index in [1.54, 1.807) is 20.1 Å². The summed E-state index contributed by atoms with van der Waals surface area (Å²) in [4.78, 5) is 28.3. The van der Waals surface area contributed by atoms with E-state index < -0.39 is 11.4 Å². The zero-order valence-electron chi connectivity index (χ0n) is 18.0. The van der Waals surface area contributed by atoms with Crippen molar-refractivity contribution in [2.24, 2.45) is 0 Å². The van der Waals surface area contributed by atoms with E-state index in [1.807, 2.05) is 42.5 Å². The summed E-state index contributed by atoms with van der Waals surface area (Å²) in [5.41, 5.74) is 0.0753. The van der Waals surface area contributed by atoms with Gasteiger partial charge in [0.1, 0.15) is 17.9 Å². The number of terminal acetylenes is 1. The number of methoxy groups -OCH3 is 1. The first kappa shape index (κ1) is 21.3. The molecule has 0 saturated carbocycles. The van der Waals surface area contributed by atoms with Gasteiger partial charge in [-0.25, -0.2) is 0 Å². The molecule has 1 aliphatic heterocycles. The summed E-state index contributed by atoms with van der Waals surface area (Å²) >= 11 is 0. The molecule has 2 amide bonds. The number of nitrogens with one attached hydrogen (secondary N) is 1. The number of amides is 2. The Kier molecular flexibility index (Phi) is 5.78. The van der Waals surface area contributed by atoms with Gasteiger partial charge in [0.2, 0.25) is 11.7 Å². The smallest absolute Gasteiger partial charge is 0.294 e. The summed E-state index contributed by atoms with van der Waals surface area (Å²) in [6.07, 6.45) is 5.75. The first-order valence-electron chi connectivity index (χ1n) is 10.3. The maximum atomic E-state index is 13.5. The molecule has 3 aromatic rings. The fourth-order valence-electron chi connectivity index (χ4n) is 3.87. The molecule has 0 saturated heterocycles. The molecule has 0 bridgehead atoms. The fraction of sp³-hybridized carbons (Fsp3) is 0.280. The van der Waals surface area contributed by atoms with Crippen LogP contribution in [-0.2, 0) is 11.3 Å². The van der Waals surface area contributed by atoms with Crippen molar-refractivity contribution in [3.63, 3.8) is 0 Å². The van der Waals surface area contributed by atoms with E-state index in [0.29, 0.717) is 22.5 Å². The van der Waals surface area contributed by atoms with Gasteiger partial charge in [-0.1, -0.05) is 30.3 Å². The highest BCUT2D eigenvalue weighted by Crippen LogP contribution is 2.38. The number of carbonyl (C=O) groups is 2. The monoisotopic (exact) mass is 432 g/mol. The number of fused-ring (bicyclic) bond motifs is 3. The van der Waals surface area contributed by atoms with Gasteiger partial charge < -0.3 is 24.1 Å². The summed E-state index contributed by atoms with van der Waals surface area (Å²) < 4.78 is 17.2. The van der Waals surface area contributed by atoms with Crippen molar-refractivity contribution in [3.8, 4) is 23.8 Å². The number of rotatable bonds is 6. The molecule has 1 aromatic heterocycles. The van der Waals surface area contributed by atoms with Gasteiger partial charge in [-0.2, -0.15) is 0 Å². The predicted molar refractivity (Wildman–Crippen MR) is 119 cm³/mol. The van der Waals surface area contributed by atoms with Crippen LogP contribution >= 0.6 is 0 Å². The van der Waals surface area contributed by atoms with Crippen LogP contribution < -0.4 is 14.8 Å². The Morgan fingerprint density at radius 1 is 1.25 bits per heavy atom. The molecule has 0 spiro atoms. The average Bonchev–Trinajstić information content (AvgIpc) is 3.15. The highest BCUT2D eigenvalue weighted by Gasteiger charge is 2.47. The van der Waals surface area contributed by atoms with Crippen LogP contribution in [0.1, 0.15) is 29.5 Å². The van der Waals surface area contributed by atoms with Crippen LogP contribution in [0, 0.1) is 12.3 Å². The lowest BCUT2D eigenvalue weighted by atomic mass is 9.98. The van der Waals surface area contributed by atoms with Gasteiger partial charge >= 0.3 is 0 Å². The van der Waals surface area contributed by atoms with Gasteiger partial charge in [0.05, 0.1) is 12.5 Å². The molecule has 1 unspecified atom stereocenters. The Hall–Kier alpha value is -3.92. The minimum Gasteiger partial charge on any atom is -0.496 e. The van der Waals surface area contributed by atoms with Crippen LogP contribution in [0.25, 0.3) is 11.0 Å². The zero-order valence-corrected chi connectivity index (χ0v) is 18.0. The summed E-state index contributed by atoms with van der Waals surface area (Å²) in [6.45, 7) is 2.06. The normalized spacial score (nSPS) is 17.8. The van der Waals surface area contributed by atoms with E-state index >= 15 is 0 Å². The van der Waals surface area contributed by atoms with Crippen LogP contribution in [-0.4, -0.2) is 42.5 Å². The second-order valence-electron chi connectivity index (χ2n) is 7.72. The number of para-hydroxylation sites is 2. The molecule has 7 nitrogen and oxygen atoms in total. The average molecular weight is 432 g/mol. The third-order valence-corrected chi connectivity index (χ3v) is 5.68. The van der Waals surface area contributed by atoms with Gasteiger partial charge in [-0.15, -0.1) is 12.3 Å². The van der Waals surface area contributed by atoms with Crippen LogP contribution in [0.5, 0.6) is 11.5 Å². The fourth-order valence-corrected chi connectivity index (χ4v) is 3.87. The van der Waals surface area contributed by atoms with E-state index in [2.05, 4.69) is 11.2 Å². The van der Waals surface area contributed by atoms with E-state index in [4.69, 9.17) is 20.3 Å². The standard InChI is InChI=1S/C25H24N2O5/c1-4-5-14-27-23(28)22-21(18-11-7-9-13-20(18)32-22)31-16-25(27,2)24(29)26-15-17-10-6-8-12-19(17)30-3/h1,6-13H,5,14-16H2,2-3H3,(H,26,29). The number of benzene rings is 2. The first-order chi connectivity index (χ1) is 15.5. The highest BCUT2D eigenvalue weighted by molar-refractivity contribution is 6.04. The maximum Gasteiger partial charge on any atom is 0.294 e. The molecule has 1 N–H and O–H groups in total. The zero-order chi connectivity index (χ0) is 22.7. The second-order valence-corrected chi connectivity index (χ2v) is 7.72. The van der Waals surface area contributed by atoms with Crippen molar-refractivity contribution in [2.45, 2.75) is 25.4 Å². The molecule has 0 radical (unpaired) electrons. The molecule has 4 rings (SSSR count). The van der Waals surface area contributed by atoms with Gasteiger partial charge in [-0.05, 0) is 25.1 Å². The van der Waals surface area contributed by atoms with E-state index in [0.717, 1.165) is 5.56 Å². The van der Waals surface area contributed by atoms with Gasteiger partial charge in [0.25, 0.3) is 5.91 Å². The minimum atomic E-state index is -1.29. The Labute approximate surface area is 186 Å². The molecule has 32 heavy (non-hydrogen) atoms. The van der Waals surface area contributed by atoms with Crippen molar-refractivity contribution in [2.75, 3.05) is 20.3 Å². The number of ether oxygens (including phenoxy) is 2. The van der Waals surface area contributed by atoms with Crippen LogP contribution in [0.3, 0.4) is 0 Å². The molecule has 2 aromatic carbocycles. The topological polar surface area (TPSA) is 81.0 Å². The summed E-state index contributed by atoms with van der Waals surface area (Å²) in [5.74, 6) is 2.84. The molecular formula is C25H24N2O5. The van der Waals surface area contributed by atoms with Crippen molar-refractivity contribution >= 4 is 22.8 Å². The van der Waals surface area contributed by atoms with Gasteiger partial charge in [0, 0.05) is 25.1 Å². The molecule has 1 aliphatic rings. The molecule has 0 fully saturated rings. The second kappa shape index (κ2) is 8.67. The quantitative estimate of drug-likeness (QED) is 0.604. The SMILES string of the molecule is C#CCCN1C(=O)c2oc3ccccc3c2OCC1(C)C(=O)NCc1ccccc1OC. The number of nitrogens with zero attached hydrogens (tertiary/aromatic N) is 1. The van der Waals surface area contributed by atoms with Crippen LogP contribution in [0.2, 0.25) is 0 Å². The molecule has 7 heteroatoms. The molecule has 0 aliphatic carbocycles. The van der Waals surface area contributed by atoms with Gasteiger partial charge in [0.15, 0.2) is 11.3 Å². The van der Waals surface area contributed by atoms with E-state index in [9.17, 15) is 9.59 Å². The Morgan fingerprint density at radius 3 is 2.78 bits per heavy atom. The lowest BCUT2D eigenvalue weighted by Gasteiger charge is -2.37. The lowest BCUT2D eigenvalue weighted by molar-refractivity contribution is -0.133. The van der Waals surface area contributed by atoms with Crippen LogP contribution in [0.15, 0.2) is 52.9 Å². The van der Waals surface area contributed by atoms with E-state index in [-0.39, 0.29) is 37.8 Å². The molecule has 164 valence electrons. The molecular weight excluding hydrogens is 408 g/mol. The van der Waals surface area contributed by atoms with Gasteiger partial charge in [-0.3, -0.25) is 9.59 Å². The largest absolute Gasteiger partial charge is 0.496 e. The lowest BCUT2D eigenvalue weighted by Crippen LogP contribution is -2.61. The highest BCUT2D eigenvalue weighted by atomic mass is 16.5. The maximum absolute atomic E-state index is 13.5.